The summed E-state index contributed by atoms with van der Waals surface area (Å²) in [5.74, 6) is 0.894. The third-order valence-corrected chi connectivity index (χ3v) is 6.07. The van der Waals surface area contributed by atoms with Gasteiger partial charge in [-0.05, 0) is 38.4 Å². The predicted molar refractivity (Wildman–Crippen MR) is 136 cm³/mol. The van der Waals surface area contributed by atoms with Crippen LogP contribution in [0, 0.1) is 0 Å². The van der Waals surface area contributed by atoms with Crippen molar-refractivity contribution in [2.24, 2.45) is 4.99 Å². The molecule has 0 radical (unpaired) electrons. The van der Waals surface area contributed by atoms with Crippen molar-refractivity contribution in [3.05, 3.63) is 35.4 Å². The summed E-state index contributed by atoms with van der Waals surface area (Å²) in [4.78, 5) is 9.52. The second kappa shape index (κ2) is 13.5. The average molecular weight is 552 g/mol. The lowest BCUT2D eigenvalue weighted by Gasteiger charge is -2.32. The van der Waals surface area contributed by atoms with Gasteiger partial charge in [-0.2, -0.15) is 0 Å². The molecule has 0 aliphatic carbocycles. The maximum Gasteiger partial charge on any atom is 0.191 e. The highest BCUT2D eigenvalue weighted by atomic mass is 127. The Labute approximate surface area is 199 Å². The van der Waals surface area contributed by atoms with E-state index in [-0.39, 0.29) is 35.8 Å². The van der Waals surface area contributed by atoms with Gasteiger partial charge in [0.25, 0.3) is 0 Å². The largest absolute Gasteiger partial charge is 0.357 e. The molecule has 0 spiro atoms. The van der Waals surface area contributed by atoms with Gasteiger partial charge in [0.05, 0.1) is 12.3 Å². The van der Waals surface area contributed by atoms with E-state index in [0.29, 0.717) is 13.0 Å². The molecular weight excluding hydrogens is 513 g/mol. The van der Waals surface area contributed by atoms with Crippen LogP contribution in [0.15, 0.2) is 29.3 Å². The van der Waals surface area contributed by atoms with E-state index in [1.54, 1.807) is 0 Å². The van der Waals surface area contributed by atoms with Crippen LogP contribution in [0.3, 0.4) is 0 Å². The molecule has 1 aromatic carbocycles. The lowest BCUT2D eigenvalue weighted by molar-refractivity contribution is 0.148. The number of aliphatic imine (C=N–C) groups is 1. The number of halogens is 1. The lowest BCUT2D eigenvalue weighted by Crippen LogP contribution is -2.43. The molecule has 1 aliphatic rings. The van der Waals surface area contributed by atoms with Crippen molar-refractivity contribution in [3.63, 3.8) is 0 Å². The fraction of sp³-hybridized carbons (Fsp3) is 0.667. The summed E-state index contributed by atoms with van der Waals surface area (Å²) in [6, 6.07) is 8.71. The second-order valence-electron chi connectivity index (χ2n) is 8.06. The summed E-state index contributed by atoms with van der Waals surface area (Å²) in [5, 5.41) is 6.52. The Hall–Kier alpha value is -0.910. The topological polar surface area (TPSA) is 77.0 Å². The van der Waals surface area contributed by atoms with Crippen LogP contribution >= 0.6 is 24.0 Å². The van der Waals surface area contributed by atoms with Gasteiger partial charge in [-0.3, -0.25) is 4.90 Å². The van der Waals surface area contributed by atoms with Gasteiger partial charge >= 0.3 is 0 Å². The van der Waals surface area contributed by atoms with Crippen molar-refractivity contribution < 1.29 is 8.42 Å². The van der Waals surface area contributed by atoms with E-state index < -0.39 is 9.84 Å². The molecule has 1 fully saturated rings. The van der Waals surface area contributed by atoms with E-state index >= 15 is 0 Å². The molecule has 1 saturated heterocycles. The zero-order valence-corrected chi connectivity index (χ0v) is 21.9. The Bertz CT molecular complexity index is 747. The molecular formula is C21H38IN5O2S. The fourth-order valence-electron chi connectivity index (χ4n) is 3.20. The highest BCUT2D eigenvalue weighted by molar-refractivity contribution is 14.0. The normalized spacial score (nSPS) is 17.3. The van der Waals surface area contributed by atoms with E-state index in [2.05, 4.69) is 56.7 Å². The maximum absolute atomic E-state index is 11.3. The molecule has 1 atom stereocenters. The summed E-state index contributed by atoms with van der Waals surface area (Å²) >= 11 is 0. The monoisotopic (exact) mass is 551 g/mol. The molecule has 172 valence electrons. The molecule has 9 heteroatoms. The molecule has 0 aromatic heterocycles. The fourth-order valence-corrected chi connectivity index (χ4v) is 3.98. The minimum Gasteiger partial charge on any atom is -0.357 e. The van der Waals surface area contributed by atoms with Crippen LogP contribution in [0.2, 0.25) is 0 Å². The third-order valence-electron chi connectivity index (χ3n) is 5.09. The van der Waals surface area contributed by atoms with Crippen molar-refractivity contribution in [1.29, 1.82) is 0 Å². The molecule has 0 saturated carbocycles. The van der Waals surface area contributed by atoms with Gasteiger partial charge in [0.1, 0.15) is 9.84 Å². The molecule has 0 bridgehead atoms. The van der Waals surface area contributed by atoms with Crippen LogP contribution in [0.5, 0.6) is 0 Å². The van der Waals surface area contributed by atoms with Crippen molar-refractivity contribution in [2.45, 2.75) is 39.4 Å². The van der Waals surface area contributed by atoms with Gasteiger partial charge in [-0.15, -0.1) is 24.0 Å². The number of rotatable bonds is 9. The first kappa shape index (κ1) is 27.1. The number of benzene rings is 1. The summed E-state index contributed by atoms with van der Waals surface area (Å²) in [6.07, 6.45) is 1.83. The van der Waals surface area contributed by atoms with Gasteiger partial charge in [0.15, 0.2) is 5.96 Å². The van der Waals surface area contributed by atoms with E-state index in [4.69, 9.17) is 0 Å². The van der Waals surface area contributed by atoms with Crippen LogP contribution < -0.4 is 10.6 Å². The lowest BCUT2D eigenvalue weighted by atomic mass is 10.1. The summed E-state index contributed by atoms with van der Waals surface area (Å²) in [5.41, 5.74) is 2.50. The smallest absolute Gasteiger partial charge is 0.191 e. The first-order valence-electron chi connectivity index (χ1n) is 10.5. The van der Waals surface area contributed by atoms with E-state index in [9.17, 15) is 8.42 Å². The molecule has 0 amide bonds. The number of piperazine rings is 1. The Kier molecular flexibility index (Phi) is 12.2. The molecule has 2 rings (SSSR count). The van der Waals surface area contributed by atoms with Gasteiger partial charge < -0.3 is 15.5 Å². The summed E-state index contributed by atoms with van der Waals surface area (Å²) in [6.45, 7) is 10.9. The first-order valence-corrected chi connectivity index (χ1v) is 12.5. The predicted octanol–water partition coefficient (Wildman–Crippen LogP) is 1.93. The molecule has 1 aliphatic heterocycles. The molecule has 2 N–H and O–H groups in total. The third kappa shape index (κ3) is 10.9. The molecule has 1 unspecified atom stereocenters. The van der Waals surface area contributed by atoms with Crippen LogP contribution in [0.25, 0.3) is 0 Å². The average Bonchev–Trinajstić information content (AvgIpc) is 2.67. The SMILES string of the molecule is CCNC(=NCc1ccc(CN2CCN(C)CC2)cc1)NC(C)CCS(C)(=O)=O.I. The van der Waals surface area contributed by atoms with E-state index in [1.807, 2.05) is 13.8 Å². The number of likely N-dealkylation sites (N-methyl/N-ethyl adjacent to an activating group) is 1. The van der Waals surface area contributed by atoms with E-state index in [0.717, 1.165) is 50.8 Å². The quantitative estimate of drug-likeness (QED) is 0.278. The number of nitrogens with one attached hydrogen (secondary N) is 2. The zero-order valence-electron chi connectivity index (χ0n) is 18.7. The second-order valence-corrected chi connectivity index (χ2v) is 10.3. The number of sulfone groups is 1. The van der Waals surface area contributed by atoms with Crippen LogP contribution in [0.4, 0.5) is 0 Å². The van der Waals surface area contributed by atoms with Gasteiger partial charge in [0, 0.05) is 51.6 Å². The molecule has 30 heavy (non-hydrogen) atoms. The van der Waals surface area contributed by atoms with Crippen molar-refractivity contribution >= 4 is 39.8 Å². The summed E-state index contributed by atoms with van der Waals surface area (Å²) < 4.78 is 22.7. The molecule has 1 aromatic rings. The minimum atomic E-state index is -2.95. The summed E-state index contributed by atoms with van der Waals surface area (Å²) in [7, 11) is -0.770. The Morgan fingerprint density at radius 2 is 1.73 bits per heavy atom. The van der Waals surface area contributed by atoms with Crippen molar-refractivity contribution in [2.75, 3.05) is 51.8 Å². The van der Waals surface area contributed by atoms with Crippen LogP contribution in [-0.2, 0) is 22.9 Å². The Balaban J connectivity index is 0.00000450. The highest BCUT2D eigenvalue weighted by Gasteiger charge is 2.13. The van der Waals surface area contributed by atoms with Crippen molar-refractivity contribution in [3.8, 4) is 0 Å². The molecule has 1 heterocycles. The zero-order chi connectivity index (χ0) is 21.3. The highest BCUT2D eigenvalue weighted by Crippen LogP contribution is 2.10. The number of guanidine groups is 1. The van der Waals surface area contributed by atoms with Gasteiger partial charge in [0.2, 0.25) is 0 Å². The molecule has 7 nitrogen and oxygen atoms in total. The number of hydrogen-bond donors (Lipinski definition) is 2. The standard InChI is InChI=1S/C21H37N5O2S.HI/c1-5-22-21(24-18(2)10-15-29(4,27)28)23-16-19-6-8-20(9-7-19)17-26-13-11-25(3)12-14-26;/h6-9,18H,5,10-17H2,1-4H3,(H2,22,23,24);1H. The maximum atomic E-state index is 11.3. The van der Waals surface area contributed by atoms with Crippen LogP contribution in [-0.4, -0.2) is 82.0 Å². The minimum absolute atomic E-state index is 0. The van der Waals surface area contributed by atoms with Gasteiger partial charge in [-0.1, -0.05) is 24.3 Å². The Morgan fingerprint density at radius 3 is 2.30 bits per heavy atom. The Morgan fingerprint density at radius 1 is 1.13 bits per heavy atom. The number of hydrogen-bond acceptors (Lipinski definition) is 5. The first-order chi connectivity index (χ1) is 13.7. The van der Waals surface area contributed by atoms with Crippen LogP contribution in [0.1, 0.15) is 31.4 Å². The van der Waals surface area contributed by atoms with E-state index in [1.165, 1.54) is 11.8 Å². The number of nitrogens with zero attached hydrogens (tertiary/aromatic N) is 3. The van der Waals surface area contributed by atoms with Crippen molar-refractivity contribution in [1.82, 2.24) is 20.4 Å². The van der Waals surface area contributed by atoms with Gasteiger partial charge in [-0.25, -0.2) is 13.4 Å².